The third-order valence-corrected chi connectivity index (χ3v) is 0. The molecule has 24 N–H and O–H groups in total. The second-order valence-electron chi connectivity index (χ2n) is 0. The van der Waals surface area contributed by atoms with Gasteiger partial charge < -0.3 is 53.3 Å². The summed E-state index contributed by atoms with van der Waals surface area (Å²) in [6.45, 7) is 0. The molecule has 0 aromatic carbocycles. The van der Waals surface area contributed by atoms with Gasteiger partial charge in [-0.05, 0) is 0 Å². The highest BCUT2D eigenvalue weighted by molar-refractivity contribution is 2.14. The zero-order chi connectivity index (χ0) is 0. The minimum Gasteiger partial charge on any atom is -0.412 e. The van der Waals surface area contributed by atoms with E-state index in [-0.39, 0.29) is 53.3 Å². The van der Waals surface area contributed by atoms with Crippen LogP contribution in [0.1, 0.15) is 0 Å². The molecule has 0 fully saturated rings. The maximum absolute atomic E-state index is 0. The Balaban J connectivity index is 0. The minimum absolute atomic E-state index is 0. The van der Waals surface area contributed by atoms with Gasteiger partial charge in [0, 0.05) is 0 Å². The highest BCUT2D eigenvalue weighted by atomic mass is 16.0. The fourth-order valence-electron chi connectivity index (χ4n) is 0. The predicted octanol–water partition coefficient (Wildman–Crippen LogP) is -1.50. The van der Waals surface area contributed by atoms with Gasteiger partial charge in [0.25, 0.3) is 0 Å². The lowest BCUT2D eigenvalue weighted by atomic mass is 14.0. The van der Waals surface area contributed by atoms with Crippen LogP contribution in [0.15, 0.2) is 0 Å². The molecule has 0 rings (SSSR count). The van der Waals surface area contributed by atoms with Crippen LogP contribution < -0.4 is 36.9 Å². The second-order valence-corrected chi connectivity index (χ2v) is 0. The predicted molar refractivity (Wildman–Crippen MR) is 41.0 cm³/mol. The zero-order valence-corrected chi connectivity index (χ0v) is 5.74. The molecule has 0 aliphatic rings. The van der Waals surface area contributed by atoms with Crippen molar-refractivity contribution in [1.82, 2.24) is 36.9 Å². The first-order valence-electron chi connectivity index (χ1n) is 0. The van der Waals surface area contributed by atoms with E-state index in [0.717, 1.165) is 0 Å². The molecular formula is H24N6O3. The quantitative estimate of drug-likeness (QED) is 0.242. The molecule has 0 aliphatic carbocycles. The van der Waals surface area contributed by atoms with Gasteiger partial charge in [0.1, 0.15) is 0 Å². The molecule has 0 aromatic rings. The Morgan fingerprint density at radius 1 is 0.222 bits per heavy atom. The molecule has 9 nitrogen and oxygen atoms in total. The van der Waals surface area contributed by atoms with E-state index in [1.54, 1.807) is 0 Å². The Bertz CT molecular complexity index is 8.26. The molecule has 0 heterocycles. The maximum Gasteiger partial charge on any atom is -0.344 e. The third-order valence-electron chi connectivity index (χ3n) is 0. The molecule has 0 bridgehead atoms. The van der Waals surface area contributed by atoms with Gasteiger partial charge in [-0.25, -0.2) is 0 Å². The van der Waals surface area contributed by atoms with Crippen molar-refractivity contribution in [3.8, 4) is 0 Å². The molecule has 0 aromatic heterocycles. The Labute approximate surface area is 54.6 Å². The molecule has 0 atom stereocenters. The van der Waals surface area contributed by atoms with Gasteiger partial charge >= 0.3 is 0 Å². The molecular weight excluding hydrogens is 132 g/mol. The first kappa shape index (κ1) is 3890. The van der Waals surface area contributed by atoms with Gasteiger partial charge in [-0.3, -0.25) is 0 Å². The van der Waals surface area contributed by atoms with E-state index in [4.69, 9.17) is 0 Å². The van der Waals surface area contributed by atoms with Crippen LogP contribution in [-0.4, -0.2) is 16.4 Å². The smallest absolute Gasteiger partial charge is 0.344 e. The summed E-state index contributed by atoms with van der Waals surface area (Å²) in [4.78, 5) is 0. The highest BCUT2D eigenvalue weighted by Gasteiger charge is -0.339. The van der Waals surface area contributed by atoms with Gasteiger partial charge in [-0.15, -0.1) is 0 Å². The molecule has 0 radical (unpaired) electrons. The highest BCUT2D eigenvalue weighted by Crippen LogP contribution is -0.287. The van der Waals surface area contributed by atoms with Crippen molar-refractivity contribution in [2.24, 2.45) is 0 Å². The average Bonchev–Trinajstić information content (AvgIpc) is 0. The lowest BCUT2D eigenvalue weighted by Gasteiger charge is -0.413. The van der Waals surface area contributed by atoms with Crippen LogP contribution in [0.2, 0.25) is 0 Å². The normalized spacial score (nSPS) is 0. The molecule has 0 spiro atoms. The first-order valence-corrected chi connectivity index (χ1v) is 0. The summed E-state index contributed by atoms with van der Waals surface area (Å²) in [5.74, 6) is 0. The Morgan fingerprint density at radius 3 is 0.222 bits per heavy atom. The summed E-state index contributed by atoms with van der Waals surface area (Å²) in [7, 11) is 0. The lowest BCUT2D eigenvalue weighted by molar-refractivity contribution is 0.823. The summed E-state index contributed by atoms with van der Waals surface area (Å²) in [5.41, 5.74) is 0. The Kier molecular flexibility index (Phi) is 1120000. The van der Waals surface area contributed by atoms with Crippen LogP contribution in [0.4, 0.5) is 0 Å². The molecule has 0 unspecified atom stereocenters. The average molecular weight is 156 g/mol. The van der Waals surface area contributed by atoms with E-state index in [2.05, 4.69) is 0 Å². The fourth-order valence-corrected chi connectivity index (χ4v) is 0. The SMILES string of the molecule is N.N.N.N.N.N.O.O.O. The summed E-state index contributed by atoms with van der Waals surface area (Å²) in [5, 5.41) is 0. The van der Waals surface area contributed by atoms with Crippen molar-refractivity contribution in [1.29, 1.82) is 0 Å². The van der Waals surface area contributed by atoms with Crippen LogP contribution in [0.5, 0.6) is 0 Å². The number of rotatable bonds is 0. The summed E-state index contributed by atoms with van der Waals surface area (Å²) in [6, 6.07) is 0. The minimum atomic E-state index is 0. The van der Waals surface area contributed by atoms with E-state index in [1.165, 1.54) is 0 Å². The molecule has 0 aliphatic heterocycles. The van der Waals surface area contributed by atoms with Crippen LogP contribution in [-0.2, 0) is 0 Å². The van der Waals surface area contributed by atoms with Crippen molar-refractivity contribution < 1.29 is 16.4 Å². The summed E-state index contributed by atoms with van der Waals surface area (Å²) in [6.07, 6.45) is 0. The summed E-state index contributed by atoms with van der Waals surface area (Å²) >= 11 is 0. The lowest BCUT2D eigenvalue weighted by Crippen LogP contribution is -0.482. The topological polar surface area (TPSA) is 304 Å². The van der Waals surface area contributed by atoms with Crippen molar-refractivity contribution in [2.45, 2.75) is 0 Å². The van der Waals surface area contributed by atoms with Crippen molar-refractivity contribution in [2.75, 3.05) is 0 Å². The van der Waals surface area contributed by atoms with Gasteiger partial charge in [0.05, 0.1) is 0 Å². The van der Waals surface area contributed by atoms with Gasteiger partial charge in [-0.2, -0.15) is 0 Å². The Morgan fingerprint density at radius 2 is 0.222 bits per heavy atom. The van der Waals surface area contributed by atoms with Crippen molar-refractivity contribution in [3.63, 3.8) is 0 Å². The maximum atomic E-state index is 0. The van der Waals surface area contributed by atoms with Crippen LogP contribution in [0, 0.1) is 0 Å². The fraction of sp³-hybridized carbons (Fsp3) is 0. The van der Waals surface area contributed by atoms with E-state index in [1.807, 2.05) is 0 Å². The van der Waals surface area contributed by atoms with Crippen LogP contribution >= 0.6 is 0 Å². The van der Waals surface area contributed by atoms with Crippen LogP contribution in [0.25, 0.3) is 0 Å². The van der Waals surface area contributed by atoms with Crippen LogP contribution in [0.3, 0.4) is 0 Å². The largest absolute Gasteiger partial charge is 0.412 e. The molecule has 0 amide bonds. The molecule has 72 valence electrons. The van der Waals surface area contributed by atoms with E-state index in [0.29, 0.717) is 0 Å². The third kappa shape index (κ3) is 1880. The molecule has 0 saturated heterocycles. The second kappa shape index (κ2) is 2600. The standard InChI is InChI=1S/6H3N.3H2O/h6*1H3;3*1H2. The van der Waals surface area contributed by atoms with Crippen molar-refractivity contribution >= 4 is 0 Å². The molecule has 9 heavy (non-hydrogen) atoms. The van der Waals surface area contributed by atoms with E-state index < -0.39 is 0 Å². The van der Waals surface area contributed by atoms with E-state index >= 15 is 0 Å². The summed E-state index contributed by atoms with van der Waals surface area (Å²) < 4.78 is 0. The van der Waals surface area contributed by atoms with Gasteiger partial charge in [0.15, 0.2) is 0 Å². The monoisotopic (exact) mass is 156 g/mol. The van der Waals surface area contributed by atoms with Gasteiger partial charge in [0.2, 0.25) is 0 Å². The van der Waals surface area contributed by atoms with Gasteiger partial charge in [-0.1, -0.05) is 0 Å². The molecule has 9 heteroatoms. The molecule has 0 saturated carbocycles. The Hall–Kier alpha value is -0.360. The number of hydrogen-bond acceptors (Lipinski definition) is 6. The van der Waals surface area contributed by atoms with Crippen molar-refractivity contribution in [3.05, 3.63) is 0 Å². The zero-order valence-electron chi connectivity index (χ0n) is 5.74. The van der Waals surface area contributed by atoms with E-state index in [9.17, 15) is 0 Å². The first-order chi connectivity index (χ1) is 0. The number of hydrogen-bond donors (Lipinski definition) is 6.